The molecule has 0 saturated carbocycles. The van der Waals surface area contributed by atoms with Gasteiger partial charge < -0.3 is 14.6 Å². The van der Waals surface area contributed by atoms with Gasteiger partial charge in [-0.3, -0.25) is 4.79 Å². The van der Waals surface area contributed by atoms with Gasteiger partial charge in [-0.05, 0) is 45.0 Å². The molecule has 1 aromatic carbocycles. The van der Waals surface area contributed by atoms with Gasteiger partial charge in [-0.2, -0.15) is 0 Å². The van der Waals surface area contributed by atoms with Crippen LogP contribution in [0.4, 0.5) is 18.9 Å². The number of thioether (sulfide) groups is 1. The minimum atomic E-state index is -4.75. The molecule has 0 unspecified atom stereocenters. The molecule has 1 aromatic heterocycles. The van der Waals surface area contributed by atoms with Crippen molar-refractivity contribution in [3.63, 3.8) is 0 Å². The number of carbonyl (C=O) groups excluding carboxylic acids is 1. The maximum atomic E-state index is 12.2. The van der Waals surface area contributed by atoms with Crippen molar-refractivity contribution >= 4 is 23.4 Å². The van der Waals surface area contributed by atoms with Gasteiger partial charge >= 0.3 is 6.36 Å². The van der Waals surface area contributed by atoms with Gasteiger partial charge in [-0.25, -0.2) is 0 Å². The zero-order valence-corrected chi connectivity index (χ0v) is 14.6. The lowest BCUT2D eigenvalue weighted by Crippen LogP contribution is -2.23. The van der Waals surface area contributed by atoms with Crippen LogP contribution in [0.5, 0.6) is 5.75 Å². The first-order valence-electron chi connectivity index (χ1n) is 7.38. The first-order chi connectivity index (χ1) is 11.7. The average molecular weight is 374 g/mol. The molecule has 0 radical (unpaired) electrons. The number of halogens is 3. The standard InChI is InChI=1S/C15H17F3N4O2S/c1-9(2)22-8-19-21-14(22)25-10(3)13(23)20-11-4-6-12(7-5-11)24-15(16,17)18/h4-10H,1-3H3,(H,20,23)/t10-/m0/s1. The van der Waals surface area contributed by atoms with Crippen LogP contribution in [0.3, 0.4) is 0 Å². The van der Waals surface area contributed by atoms with E-state index in [1.807, 2.05) is 18.4 Å². The maximum Gasteiger partial charge on any atom is 0.573 e. The van der Waals surface area contributed by atoms with Crippen molar-refractivity contribution in [1.82, 2.24) is 14.8 Å². The lowest BCUT2D eigenvalue weighted by atomic mass is 10.3. The minimum Gasteiger partial charge on any atom is -0.406 e. The summed E-state index contributed by atoms with van der Waals surface area (Å²) in [5, 5.41) is 10.6. The number of nitrogens with zero attached hydrogens (tertiary/aromatic N) is 3. The van der Waals surface area contributed by atoms with E-state index >= 15 is 0 Å². The van der Waals surface area contributed by atoms with Crippen LogP contribution in [-0.4, -0.2) is 32.3 Å². The highest BCUT2D eigenvalue weighted by molar-refractivity contribution is 8.00. The summed E-state index contributed by atoms with van der Waals surface area (Å²) in [6.07, 6.45) is -3.15. The monoisotopic (exact) mass is 374 g/mol. The van der Waals surface area contributed by atoms with E-state index < -0.39 is 11.6 Å². The highest BCUT2D eigenvalue weighted by atomic mass is 32.2. The Morgan fingerprint density at radius 3 is 2.44 bits per heavy atom. The number of anilines is 1. The average Bonchev–Trinajstić information content (AvgIpc) is 2.96. The van der Waals surface area contributed by atoms with E-state index in [2.05, 4.69) is 20.3 Å². The summed E-state index contributed by atoms with van der Waals surface area (Å²) < 4.78 is 42.0. The fourth-order valence-corrected chi connectivity index (χ4v) is 2.82. The van der Waals surface area contributed by atoms with Gasteiger partial charge in [0.2, 0.25) is 5.91 Å². The van der Waals surface area contributed by atoms with E-state index in [4.69, 9.17) is 0 Å². The summed E-state index contributed by atoms with van der Waals surface area (Å²) in [7, 11) is 0. The number of nitrogens with one attached hydrogen (secondary N) is 1. The zero-order chi connectivity index (χ0) is 18.6. The predicted octanol–water partition coefficient (Wildman–Crippen LogP) is 3.88. The molecule has 25 heavy (non-hydrogen) atoms. The number of hydrogen-bond acceptors (Lipinski definition) is 5. The molecule has 6 nitrogen and oxygen atoms in total. The lowest BCUT2D eigenvalue weighted by molar-refractivity contribution is -0.274. The molecule has 1 N–H and O–H groups in total. The lowest BCUT2D eigenvalue weighted by Gasteiger charge is -2.14. The Labute approximate surface area is 146 Å². The van der Waals surface area contributed by atoms with E-state index in [9.17, 15) is 18.0 Å². The van der Waals surface area contributed by atoms with Crippen LogP contribution < -0.4 is 10.1 Å². The summed E-state index contributed by atoms with van der Waals surface area (Å²) in [5.74, 6) is -0.647. The van der Waals surface area contributed by atoms with Gasteiger partial charge in [0.05, 0.1) is 5.25 Å². The Hall–Kier alpha value is -2.23. The normalized spacial score (nSPS) is 12.9. The van der Waals surface area contributed by atoms with Crippen LogP contribution >= 0.6 is 11.8 Å². The number of ether oxygens (including phenoxy) is 1. The SMILES string of the molecule is CC(C)n1cnnc1S[C@@H](C)C(=O)Nc1ccc(OC(F)(F)F)cc1. The maximum absolute atomic E-state index is 12.2. The Balaban J connectivity index is 1.95. The molecule has 1 amide bonds. The third-order valence-corrected chi connectivity index (χ3v) is 4.17. The van der Waals surface area contributed by atoms with Crippen LogP contribution in [0.2, 0.25) is 0 Å². The molecule has 10 heteroatoms. The highest BCUT2D eigenvalue weighted by Crippen LogP contribution is 2.26. The highest BCUT2D eigenvalue weighted by Gasteiger charge is 2.31. The van der Waals surface area contributed by atoms with E-state index in [0.29, 0.717) is 10.8 Å². The van der Waals surface area contributed by atoms with Crippen molar-refractivity contribution in [2.45, 2.75) is 43.6 Å². The molecule has 1 heterocycles. The van der Waals surface area contributed by atoms with Crippen LogP contribution in [-0.2, 0) is 4.79 Å². The van der Waals surface area contributed by atoms with Crippen LogP contribution in [0.1, 0.15) is 26.8 Å². The molecule has 2 aromatic rings. The zero-order valence-electron chi connectivity index (χ0n) is 13.7. The van der Waals surface area contributed by atoms with Crippen LogP contribution in [0.25, 0.3) is 0 Å². The second kappa shape index (κ2) is 7.77. The van der Waals surface area contributed by atoms with Gasteiger partial charge in [-0.15, -0.1) is 23.4 Å². The largest absolute Gasteiger partial charge is 0.573 e. The molecule has 1 atom stereocenters. The molecule has 0 spiro atoms. The molecular formula is C15H17F3N4O2S. The number of benzene rings is 1. The summed E-state index contributed by atoms with van der Waals surface area (Å²) in [6.45, 7) is 5.66. The van der Waals surface area contributed by atoms with Crippen molar-refractivity contribution in [3.8, 4) is 5.75 Å². The van der Waals surface area contributed by atoms with Crippen LogP contribution in [0.15, 0.2) is 35.7 Å². The molecule has 2 rings (SSSR count). The smallest absolute Gasteiger partial charge is 0.406 e. The molecule has 0 aliphatic heterocycles. The number of rotatable bonds is 6. The van der Waals surface area contributed by atoms with Crippen LogP contribution in [0, 0.1) is 0 Å². The summed E-state index contributed by atoms with van der Waals surface area (Å²) in [5.41, 5.74) is 0.373. The summed E-state index contributed by atoms with van der Waals surface area (Å²) >= 11 is 1.25. The van der Waals surface area contributed by atoms with E-state index in [1.165, 1.54) is 23.9 Å². The molecule has 0 aliphatic carbocycles. The first-order valence-corrected chi connectivity index (χ1v) is 8.26. The van der Waals surface area contributed by atoms with Crippen molar-refractivity contribution in [1.29, 1.82) is 0 Å². The number of amides is 1. The molecule has 0 aliphatic rings. The quantitative estimate of drug-likeness (QED) is 0.777. The summed E-state index contributed by atoms with van der Waals surface area (Å²) in [6, 6.07) is 5.11. The molecule has 0 fully saturated rings. The van der Waals surface area contributed by atoms with E-state index in [-0.39, 0.29) is 17.7 Å². The first kappa shape index (κ1) is 19.1. The Morgan fingerprint density at radius 1 is 1.24 bits per heavy atom. The number of aromatic nitrogens is 3. The fourth-order valence-electron chi connectivity index (χ4n) is 1.87. The van der Waals surface area contributed by atoms with E-state index in [0.717, 1.165) is 12.1 Å². The van der Waals surface area contributed by atoms with Gasteiger partial charge in [0.15, 0.2) is 5.16 Å². The number of alkyl halides is 3. The van der Waals surface area contributed by atoms with Gasteiger partial charge in [0.25, 0.3) is 0 Å². The number of carbonyl (C=O) groups is 1. The van der Waals surface area contributed by atoms with E-state index in [1.54, 1.807) is 13.3 Å². The molecule has 136 valence electrons. The third-order valence-electron chi connectivity index (χ3n) is 3.10. The Bertz CT molecular complexity index is 716. The van der Waals surface area contributed by atoms with Crippen molar-refractivity contribution in [2.75, 3.05) is 5.32 Å². The fraction of sp³-hybridized carbons (Fsp3) is 0.400. The van der Waals surface area contributed by atoms with Crippen molar-refractivity contribution < 1.29 is 22.7 Å². The topological polar surface area (TPSA) is 69.0 Å². The molecule has 0 bridgehead atoms. The predicted molar refractivity (Wildman–Crippen MR) is 87.5 cm³/mol. The second-order valence-corrected chi connectivity index (χ2v) is 6.74. The Kier molecular flexibility index (Phi) is 5.93. The molecule has 0 saturated heterocycles. The Morgan fingerprint density at radius 2 is 1.88 bits per heavy atom. The van der Waals surface area contributed by atoms with Crippen molar-refractivity contribution in [2.24, 2.45) is 0 Å². The minimum absolute atomic E-state index is 0.161. The third kappa shape index (κ3) is 5.66. The van der Waals surface area contributed by atoms with Crippen molar-refractivity contribution in [3.05, 3.63) is 30.6 Å². The van der Waals surface area contributed by atoms with Gasteiger partial charge in [0.1, 0.15) is 12.1 Å². The van der Waals surface area contributed by atoms with Gasteiger partial charge in [-0.1, -0.05) is 11.8 Å². The molecular weight excluding hydrogens is 357 g/mol. The summed E-state index contributed by atoms with van der Waals surface area (Å²) in [4.78, 5) is 12.2. The second-order valence-electron chi connectivity index (χ2n) is 5.44. The number of hydrogen-bond donors (Lipinski definition) is 1. The van der Waals surface area contributed by atoms with Gasteiger partial charge in [0, 0.05) is 11.7 Å².